The zero-order chi connectivity index (χ0) is 19.4. The Morgan fingerprint density at radius 3 is 2.63 bits per heavy atom. The zero-order valence-electron chi connectivity index (χ0n) is 14.6. The van der Waals surface area contributed by atoms with Crippen molar-refractivity contribution in [2.45, 2.75) is 13.3 Å². The first-order chi connectivity index (χ1) is 13.0. The van der Waals surface area contributed by atoms with Crippen LogP contribution >= 0.6 is 27.3 Å². The molecular formula is C18H17BrN4O3S. The fourth-order valence-electron chi connectivity index (χ4n) is 2.35. The molecule has 3 amide bonds. The molecule has 140 valence electrons. The van der Waals surface area contributed by atoms with Crippen LogP contribution in [0.3, 0.4) is 0 Å². The molecule has 0 bridgehead atoms. The molecular weight excluding hydrogens is 432 g/mol. The lowest BCUT2D eigenvalue weighted by molar-refractivity contribution is -0.115. The van der Waals surface area contributed by atoms with E-state index in [1.807, 2.05) is 12.1 Å². The van der Waals surface area contributed by atoms with Crippen molar-refractivity contribution in [3.8, 4) is 5.75 Å². The number of amides is 3. The maximum atomic E-state index is 12.3. The summed E-state index contributed by atoms with van der Waals surface area (Å²) in [5, 5.41) is 8.78. The number of ether oxygens (including phenoxy) is 1. The third kappa shape index (κ3) is 4.75. The van der Waals surface area contributed by atoms with Gasteiger partial charge in [-0.05, 0) is 24.3 Å². The molecule has 0 unspecified atom stereocenters. The summed E-state index contributed by atoms with van der Waals surface area (Å²) >= 11 is 4.68. The highest BCUT2D eigenvalue weighted by molar-refractivity contribution is 9.10. The van der Waals surface area contributed by atoms with Crippen LogP contribution in [0.4, 0.5) is 21.3 Å². The van der Waals surface area contributed by atoms with E-state index in [1.165, 1.54) is 18.4 Å². The van der Waals surface area contributed by atoms with E-state index < -0.39 is 0 Å². The molecule has 0 aliphatic rings. The Labute approximate surface area is 168 Å². The van der Waals surface area contributed by atoms with Crippen LogP contribution < -0.4 is 20.7 Å². The van der Waals surface area contributed by atoms with Crippen molar-refractivity contribution >= 4 is 65.9 Å². The van der Waals surface area contributed by atoms with Crippen LogP contribution in [0.2, 0.25) is 0 Å². The van der Waals surface area contributed by atoms with Gasteiger partial charge in [0.1, 0.15) is 11.3 Å². The van der Waals surface area contributed by atoms with Crippen molar-refractivity contribution in [1.82, 2.24) is 4.98 Å². The van der Waals surface area contributed by atoms with Gasteiger partial charge in [-0.15, -0.1) is 0 Å². The topological polar surface area (TPSA) is 92.3 Å². The van der Waals surface area contributed by atoms with Crippen molar-refractivity contribution in [2.75, 3.05) is 23.1 Å². The number of nitrogens with one attached hydrogen (secondary N) is 3. The number of nitrogens with zero attached hydrogens (tertiary/aromatic N) is 1. The third-order valence-electron chi connectivity index (χ3n) is 3.59. The van der Waals surface area contributed by atoms with Crippen LogP contribution in [-0.2, 0) is 4.79 Å². The van der Waals surface area contributed by atoms with E-state index in [-0.39, 0.29) is 11.9 Å². The Hall–Kier alpha value is -2.65. The van der Waals surface area contributed by atoms with Gasteiger partial charge < -0.3 is 20.7 Å². The highest BCUT2D eigenvalue weighted by atomic mass is 79.9. The minimum absolute atomic E-state index is 0.111. The summed E-state index contributed by atoms with van der Waals surface area (Å²) in [5.74, 6) is 0.401. The molecule has 0 aliphatic carbocycles. The van der Waals surface area contributed by atoms with Gasteiger partial charge in [0.15, 0.2) is 5.13 Å². The molecule has 3 aromatic rings. The second-order valence-electron chi connectivity index (χ2n) is 5.54. The van der Waals surface area contributed by atoms with Crippen molar-refractivity contribution in [3.63, 3.8) is 0 Å². The molecule has 9 heteroatoms. The SMILES string of the molecule is CCC(=O)Nc1nc2c(OC)cc(NC(=O)Nc3cccc(Br)c3)cc2s1. The number of hydrogen-bond donors (Lipinski definition) is 3. The Kier molecular flexibility index (Phi) is 5.92. The van der Waals surface area contributed by atoms with Gasteiger partial charge in [-0.2, -0.15) is 0 Å². The molecule has 0 atom stereocenters. The number of halogens is 1. The summed E-state index contributed by atoms with van der Waals surface area (Å²) in [5.41, 5.74) is 1.85. The van der Waals surface area contributed by atoms with Crippen LogP contribution in [0.5, 0.6) is 5.75 Å². The second-order valence-corrected chi connectivity index (χ2v) is 7.48. The molecule has 0 aliphatic heterocycles. The van der Waals surface area contributed by atoms with E-state index in [9.17, 15) is 9.59 Å². The quantitative estimate of drug-likeness (QED) is 0.508. The predicted octanol–water partition coefficient (Wildman–Crippen LogP) is 5.06. The number of benzene rings is 2. The highest BCUT2D eigenvalue weighted by Gasteiger charge is 2.14. The standard InChI is InChI=1S/C18H17BrN4O3S/c1-3-15(24)22-18-23-16-13(26-2)8-12(9-14(16)27-18)21-17(25)20-11-6-4-5-10(19)7-11/h4-9H,3H2,1-2H3,(H2,20,21,25)(H,22,23,24). The Balaban J connectivity index is 1.81. The third-order valence-corrected chi connectivity index (χ3v) is 5.00. The summed E-state index contributed by atoms with van der Waals surface area (Å²) in [6.07, 6.45) is 0.371. The van der Waals surface area contributed by atoms with Crippen LogP contribution in [0, 0.1) is 0 Å². The normalized spacial score (nSPS) is 10.5. The zero-order valence-corrected chi connectivity index (χ0v) is 17.0. The van der Waals surface area contributed by atoms with Gasteiger partial charge >= 0.3 is 6.03 Å². The predicted molar refractivity (Wildman–Crippen MR) is 112 cm³/mol. The number of rotatable bonds is 5. The number of thiazole rings is 1. The fourth-order valence-corrected chi connectivity index (χ4v) is 3.69. The molecule has 2 aromatic carbocycles. The lowest BCUT2D eigenvalue weighted by Crippen LogP contribution is -2.19. The number of hydrogen-bond acceptors (Lipinski definition) is 5. The van der Waals surface area contributed by atoms with Crippen LogP contribution in [-0.4, -0.2) is 24.0 Å². The van der Waals surface area contributed by atoms with E-state index in [4.69, 9.17) is 4.74 Å². The maximum Gasteiger partial charge on any atom is 0.323 e. The largest absolute Gasteiger partial charge is 0.494 e. The number of urea groups is 1. The summed E-state index contributed by atoms with van der Waals surface area (Å²) in [7, 11) is 1.53. The number of anilines is 3. The molecule has 3 N–H and O–H groups in total. The summed E-state index contributed by atoms with van der Waals surface area (Å²) in [6.45, 7) is 1.77. The Morgan fingerprint density at radius 2 is 1.93 bits per heavy atom. The maximum absolute atomic E-state index is 12.3. The van der Waals surface area contributed by atoms with Gasteiger partial charge in [0.05, 0.1) is 11.8 Å². The Bertz CT molecular complexity index is 1010. The number of carbonyl (C=O) groups excluding carboxylic acids is 2. The fraction of sp³-hybridized carbons (Fsp3) is 0.167. The lowest BCUT2D eigenvalue weighted by atomic mass is 10.2. The van der Waals surface area contributed by atoms with E-state index in [1.54, 1.807) is 31.2 Å². The van der Waals surface area contributed by atoms with E-state index >= 15 is 0 Å². The number of fused-ring (bicyclic) bond motifs is 1. The lowest BCUT2D eigenvalue weighted by Gasteiger charge is -2.09. The molecule has 0 saturated heterocycles. The van der Waals surface area contributed by atoms with Gasteiger partial charge in [-0.3, -0.25) is 4.79 Å². The number of aromatic nitrogens is 1. The molecule has 1 aromatic heterocycles. The van der Waals surface area contributed by atoms with E-state index in [2.05, 4.69) is 36.9 Å². The highest BCUT2D eigenvalue weighted by Crippen LogP contribution is 2.35. The molecule has 3 rings (SSSR count). The molecule has 27 heavy (non-hydrogen) atoms. The minimum Gasteiger partial charge on any atom is -0.494 e. The minimum atomic E-state index is -0.376. The molecule has 1 heterocycles. The molecule has 0 radical (unpaired) electrons. The van der Waals surface area contributed by atoms with Crippen molar-refractivity contribution in [1.29, 1.82) is 0 Å². The van der Waals surface area contributed by atoms with Crippen LogP contribution in [0.15, 0.2) is 40.9 Å². The average molecular weight is 449 g/mol. The van der Waals surface area contributed by atoms with Gasteiger partial charge in [0, 0.05) is 28.3 Å². The second kappa shape index (κ2) is 8.36. The summed E-state index contributed by atoms with van der Waals surface area (Å²) in [6, 6.07) is 10.4. The Morgan fingerprint density at radius 1 is 1.15 bits per heavy atom. The van der Waals surface area contributed by atoms with E-state index in [0.29, 0.717) is 34.2 Å². The van der Waals surface area contributed by atoms with Crippen molar-refractivity contribution < 1.29 is 14.3 Å². The van der Waals surface area contributed by atoms with Gasteiger partial charge in [-0.25, -0.2) is 9.78 Å². The number of methoxy groups -OCH3 is 1. The monoisotopic (exact) mass is 448 g/mol. The van der Waals surface area contributed by atoms with Gasteiger partial charge in [0.25, 0.3) is 0 Å². The number of carbonyl (C=O) groups is 2. The van der Waals surface area contributed by atoms with Crippen molar-refractivity contribution in [2.24, 2.45) is 0 Å². The molecule has 0 saturated carbocycles. The smallest absolute Gasteiger partial charge is 0.323 e. The molecule has 0 fully saturated rings. The summed E-state index contributed by atoms with van der Waals surface area (Å²) < 4.78 is 7.04. The van der Waals surface area contributed by atoms with Crippen LogP contribution in [0.1, 0.15) is 13.3 Å². The molecule has 0 spiro atoms. The summed E-state index contributed by atoms with van der Waals surface area (Å²) in [4.78, 5) is 28.2. The molecule has 7 nitrogen and oxygen atoms in total. The van der Waals surface area contributed by atoms with Gasteiger partial charge in [-0.1, -0.05) is 40.3 Å². The first-order valence-electron chi connectivity index (χ1n) is 8.10. The first kappa shape index (κ1) is 19.1. The van der Waals surface area contributed by atoms with E-state index in [0.717, 1.165) is 9.17 Å². The van der Waals surface area contributed by atoms with Crippen molar-refractivity contribution in [3.05, 3.63) is 40.9 Å². The first-order valence-corrected chi connectivity index (χ1v) is 9.71. The van der Waals surface area contributed by atoms with Crippen LogP contribution in [0.25, 0.3) is 10.2 Å². The van der Waals surface area contributed by atoms with Gasteiger partial charge in [0.2, 0.25) is 5.91 Å². The average Bonchev–Trinajstić information content (AvgIpc) is 3.02.